The number of hydrogen-bond acceptors (Lipinski definition) is 3. The van der Waals surface area contributed by atoms with Crippen molar-refractivity contribution in [3.8, 4) is 16.8 Å². The van der Waals surface area contributed by atoms with Gasteiger partial charge < -0.3 is 9.99 Å². The fourth-order valence-corrected chi connectivity index (χ4v) is 4.08. The van der Waals surface area contributed by atoms with Crippen LogP contribution in [-0.2, 0) is 17.3 Å². The van der Waals surface area contributed by atoms with E-state index in [-0.39, 0.29) is 0 Å². The molecule has 4 aromatic rings. The average molecular weight is 434 g/mol. The van der Waals surface area contributed by atoms with Crippen molar-refractivity contribution in [2.45, 2.75) is 33.1 Å². The molecular formula is C25H27N3O2S. The van der Waals surface area contributed by atoms with Gasteiger partial charge in [-0.05, 0) is 64.9 Å². The van der Waals surface area contributed by atoms with Crippen LogP contribution in [0.1, 0.15) is 37.8 Å². The molecule has 160 valence electrons. The van der Waals surface area contributed by atoms with Gasteiger partial charge in [-0.2, -0.15) is 0 Å². The molecular weight excluding hydrogens is 406 g/mol. The number of hydrazine groups is 1. The molecule has 2 N–H and O–H groups in total. The smallest absolute Gasteiger partial charge is 0.218 e. The van der Waals surface area contributed by atoms with Crippen LogP contribution < -0.4 is 10.3 Å². The largest absolute Gasteiger partial charge is 0.316 e. The molecule has 0 aliphatic heterocycles. The molecule has 4 rings (SSSR count). The Morgan fingerprint density at radius 1 is 0.903 bits per heavy atom. The van der Waals surface area contributed by atoms with Crippen LogP contribution in [-0.4, -0.2) is 13.0 Å². The van der Waals surface area contributed by atoms with Gasteiger partial charge in [0.05, 0.1) is 5.52 Å². The van der Waals surface area contributed by atoms with Crippen molar-refractivity contribution in [2.75, 3.05) is 5.43 Å². The molecule has 31 heavy (non-hydrogen) atoms. The van der Waals surface area contributed by atoms with E-state index in [1.807, 2.05) is 24.3 Å². The highest BCUT2D eigenvalue weighted by molar-refractivity contribution is 7.70. The molecule has 0 atom stereocenters. The predicted molar refractivity (Wildman–Crippen MR) is 129 cm³/mol. The number of thiol groups is 1. The van der Waals surface area contributed by atoms with E-state index < -0.39 is 10.9 Å². The van der Waals surface area contributed by atoms with Gasteiger partial charge in [-0.15, -0.1) is 4.83 Å². The highest BCUT2D eigenvalue weighted by Crippen LogP contribution is 2.33. The Labute approximate surface area is 184 Å². The van der Waals surface area contributed by atoms with Crippen molar-refractivity contribution in [1.29, 1.82) is 0 Å². The fraction of sp³-hybridized carbons (Fsp3) is 0.200. The van der Waals surface area contributed by atoms with E-state index >= 15 is 0 Å². The minimum Gasteiger partial charge on any atom is -0.316 e. The summed E-state index contributed by atoms with van der Waals surface area (Å²) in [7, 11) is -2.70. The van der Waals surface area contributed by atoms with Crippen molar-refractivity contribution in [3.05, 3.63) is 84.1 Å². The first-order chi connectivity index (χ1) is 15.0. The van der Waals surface area contributed by atoms with Gasteiger partial charge in [0, 0.05) is 23.0 Å². The Kier molecular flexibility index (Phi) is 6.11. The third-order valence-corrected chi connectivity index (χ3v) is 5.89. The Bertz CT molecular complexity index is 1260. The lowest BCUT2D eigenvalue weighted by Gasteiger charge is -2.09. The van der Waals surface area contributed by atoms with Gasteiger partial charge >= 0.3 is 0 Å². The van der Waals surface area contributed by atoms with E-state index in [1.54, 1.807) is 0 Å². The Balaban J connectivity index is 1.78. The van der Waals surface area contributed by atoms with Crippen LogP contribution in [0.25, 0.3) is 27.7 Å². The van der Waals surface area contributed by atoms with Crippen molar-refractivity contribution in [3.63, 3.8) is 0 Å². The molecule has 0 saturated heterocycles. The van der Waals surface area contributed by atoms with Gasteiger partial charge in [-0.25, -0.2) is 8.42 Å². The lowest BCUT2D eigenvalue weighted by Crippen LogP contribution is -2.18. The maximum Gasteiger partial charge on any atom is 0.218 e. The zero-order valence-corrected chi connectivity index (χ0v) is 18.8. The number of hydrogen-bond donors (Lipinski definition) is 3. The van der Waals surface area contributed by atoms with Crippen LogP contribution in [0.3, 0.4) is 0 Å². The van der Waals surface area contributed by atoms with Crippen LogP contribution >= 0.6 is 0 Å². The van der Waals surface area contributed by atoms with Crippen LogP contribution in [0, 0.1) is 0 Å². The summed E-state index contributed by atoms with van der Waals surface area (Å²) >= 11 is 0. The molecule has 0 amide bonds. The number of nitrogens with one attached hydrogen (secondary N) is 2. The quantitative estimate of drug-likeness (QED) is 0.269. The summed E-state index contributed by atoms with van der Waals surface area (Å²) in [4.78, 5) is 2.20. The average Bonchev–Trinajstić information content (AvgIpc) is 3.17. The maximum atomic E-state index is 10.7. The number of aromatic nitrogens is 1. The monoisotopic (exact) mass is 433 g/mol. The topological polar surface area (TPSA) is 63.1 Å². The molecule has 0 unspecified atom stereocenters. The summed E-state index contributed by atoms with van der Waals surface area (Å²) in [5, 5.41) is 1.25. The Morgan fingerprint density at radius 2 is 1.58 bits per heavy atom. The maximum absolute atomic E-state index is 10.7. The summed E-state index contributed by atoms with van der Waals surface area (Å²) in [5.74, 6) is 0.400. The summed E-state index contributed by atoms with van der Waals surface area (Å²) < 4.78 is 23.6. The van der Waals surface area contributed by atoms with Gasteiger partial charge in [-0.3, -0.25) is 0 Å². The summed E-state index contributed by atoms with van der Waals surface area (Å²) in [5.41, 5.74) is 10.5. The second kappa shape index (κ2) is 8.96. The van der Waals surface area contributed by atoms with Crippen molar-refractivity contribution in [1.82, 2.24) is 9.40 Å². The molecule has 1 heterocycles. The lowest BCUT2D eigenvalue weighted by atomic mass is 9.99. The molecule has 0 aliphatic rings. The Hall–Kier alpha value is -3.09. The molecule has 0 saturated carbocycles. The third-order valence-electron chi connectivity index (χ3n) is 5.59. The van der Waals surface area contributed by atoms with Gasteiger partial charge in [0.25, 0.3) is 0 Å². The van der Waals surface area contributed by atoms with Crippen LogP contribution in [0.4, 0.5) is 5.69 Å². The molecule has 0 spiro atoms. The first-order valence-electron chi connectivity index (χ1n) is 10.5. The zero-order chi connectivity index (χ0) is 22.0. The van der Waals surface area contributed by atoms with Crippen LogP contribution in [0.15, 0.2) is 72.9 Å². The lowest BCUT2D eigenvalue weighted by molar-refractivity contribution is 0.607. The molecule has 0 fully saturated rings. The predicted octanol–water partition coefficient (Wildman–Crippen LogP) is 5.43. The second-order valence-electron chi connectivity index (χ2n) is 7.93. The number of nitrogens with zero attached hydrogens (tertiary/aromatic N) is 1. The normalized spacial score (nSPS) is 11.5. The Morgan fingerprint density at radius 3 is 2.19 bits per heavy atom. The van der Waals surface area contributed by atoms with E-state index in [2.05, 4.69) is 84.3 Å². The van der Waals surface area contributed by atoms with E-state index in [1.165, 1.54) is 27.6 Å². The number of anilines is 1. The van der Waals surface area contributed by atoms with Gasteiger partial charge in [0.1, 0.15) is 0 Å². The number of fused-ring (bicyclic) bond motifs is 1. The minimum absolute atomic E-state index is 0.400. The first kappa shape index (κ1) is 21.2. The molecule has 0 radical (unpaired) electrons. The highest BCUT2D eigenvalue weighted by atomic mass is 32.2. The fourth-order valence-electron chi connectivity index (χ4n) is 3.85. The summed E-state index contributed by atoms with van der Waals surface area (Å²) in [6.45, 7) is 6.58. The van der Waals surface area contributed by atoms with Crippen molar-refractivity contribution >= 4 is 27.5 Å². The summed E-state index contributed by atoms with van der Waals surface area (Å²) in [6, 6.07) is 23.1. The molecule has 5 nitrogen and oxygen atoms in total. The molecule has 0 aliphatic carbocycles. The molecule has 6 heteroatoms. The number of aryl methyl sites for hydroxylation is 1. The minimum atomic E-state index is -2.70. The van der Waals surface area contributed by atoms with Crippen molar-refractivity contribution in [2.24, 2.45) is 0 Å². The van der Waals surface area contributed by atoms with E-state index in [9.17, 15) is 8.42 Å². The van der Waals surface area contributed by atoms with Gasteiger partial charge in [0.2, 0.25) is 10.9 Å². The van der Waals surface area contributed by atoms with E-state index in [4.69, 9.17) is 0 Å². The van der Waals surface area contributed by atoms with Gasteiger partial charge in [0.15, 0.2) is 0 Å². The zero-order valence-electron chi connectivity index (χ0n) is 17.9. The number of benzene rings is 3. The van der Waals surface area contributed by atoms with Gasteiger partial charge in [-0.1, -0.05) is 57.2 Å². The highest BCUT2D eigenvalue weighted by Gasteiger charge is 2.14. The van der Waals surface area contributed by atoms with Crippen LogP contribution in [0.2, 0.25) is 0 Å². The third kappa shape index (κ3) is 4.50. The van der Waals surface area contributed by atoms with Crippen LogP contribution in [0.5, 0.6) is 0 Å². The number of rotatable bonds is 7. The molecule has 3 aromatic carbocycles. The van der Waals surface area contributed by atoms with Crippen molar-refractivity contribution < 1.29 is 8.42 Å². The first-order valence-corrected chi connectivity index (χ1v) is 11.6. The summed E-state index contributed by atoms with van der Waals surface area (Å²) in [6.07, 6.45) is 3.24. The molecule has 1 aromatic heterocycles. The molecule has 0 bridgehead atoms. The standard InChI is InChI=1S/C25H27N3O2S/c1-4-18-5-7-19(8-6-18)20-9-14-23-24(17(2)3)16-28(25(23)15-20)22-12-10-21(11-13-22)26-27-31(29)30/h5-17,26,31H,4H2,1-3H3,(H,27,29,30). The second-order valence-corrected chi connectivity index (χ2v) is 8.67. The van der Waals surface area contributed by atoms with E-state index in [0.29, 0.717) is 11.6 Å². The van der Waals surface area contributed by atoms with E-state index in [0.717, 1.165) is 17.6 Å². The SMILES string of the molecule is CCc1ccc(-c2ccc3c(C(C)C)cn(-c4ccc(NN[SH](=O)=O)cc4)c3c2)cc1.